The van der Waals surface area contributed by atoms with Gasteiger partial charge in [0.05, 0.1) is 13.1 Å². The van der Waals surface area contributed by atoms with Crippen molar-refractivity contribution >= 4 is 5.97 Å². The molecule has 17 heavy (non-hydrogen) atoms. The highest BCUT2D eigenvalue weighted by atomic mass is 16.4. The van der Waals surface area contributed by atoms with Gasteiger partial charge in [-0.15, -0.1) is 10.2 Å². The summed E-state index contributed by atoms with van der Waals surface area (Å²) in [6.07, 6.45) is 0.682. The fourth-order valence-electron chi connectivity index (χ4n) is 1.35. The van der Waals surface area contributed by atoms with Gasteiger partial charge in [-0.25, -0.2) is 0 Å². The Labute approximate surface area is 101 Å². The maximum Gasteiger partial charge on any atom is 0.317 e. The average molecular weight is 241 g/mol. The molecule has 0 atom stereocenters. The fraction of sp³-hybridized carbons (Fsp3) is 0.727. The Morgan fingerprint density at radius 2 is 1.94 bits per heavy atom. The zero-order valence-corrected chi connectivity index (χ0v) is 10.7. The first-order valence-corrected chi connectivity index (χ1v) is 5.61. The lowest BCUT2D eigenvalue weighted by Gasteiger charge is -2.32. The highest BCUT2D eigenvalue weighted by molar-refractivity contribution is 5.69. The summed E-state index contributed by atoms with van der Waals surface area (Å²) in [7, 11) is 0. The van der Waals surface area contributed by atoms with E-state index in [-0.39, 0.29) is 12.1 Å². The summed E-state index contributed by atoms with van der Waals surface area (Å²) in [4.78, 5) is 12.6. The van der Waals surface area contributed by atoms with E-state index in [0.29, 0.717) is 24.7 Å². The van der Waals surface area contributed by atoms with E-state index in [4.69, 9.17) is 9.52 Å². The molecule has 0 amide bonds. The lowest BCUT2D eigenvalue weighted by Crippen LogP contribution is -2.43. The normalized spacial score (nSPS) is 12.1. The van der Waals surface area contributed by atoms with Crippen molar-refractivity contribution in [2.45, 2.75) is 46.2 Å². The second-order valence-corrected chi connectivity index (χ2v) is 4.86. The Hall–Kier alpha value is -1.43. The van der Waals surface area contributed by atoms with Crippen LogP contribution in [0, 0.1) is 0 Å². The van der Waals surface area contributed by atoms with Crippen LogP contribution >= 0.6 is 0 Å². The summed E-state index contributed by atoms with van der Waals surface area (Å²) in [5.74, 6) is 0.164. The van der Waals surface area contributed by atoms with Crippen LogP contribution in [0.5, 0.6) is 0 Å². The van der Waals surface area contributed by atoms with Gasteiger partial charge in [-0.3, -0.25) is 9.69 Å². The van der Waals surface area contributed by atoms with E-state index in [2.05, 4.69) is 10.2 Å². The van der Waals surface area contributed by atoms with Gasteiger partial charge in [-0.2, -0.15) is 0 Å². The third-order valence-corrected chi connectivity index (χ3v) is 2.41. The molecule has 1 aromatic heterocycles. The Balaban J connectivity index is 2.75. The van der Waals surface area contributed by atoms with Gasteiger partial charge in [0.2, 0.25) is 11.8 Å². The SMILES string of the molecule is CCc1nnc(CN(CC(=O)O)C(C)(C)C)o1. The van der Waals surface area contributed by atoms with Crippen molar-refractivity contribution in [1.82, 2.24) is 15.1 Å². The molecule has 6 heteroatoms. The minimum Gasteiger partial charge on any atom is -0.480 e. The topological polar surface area (TPSA) is 79.5 Å². The molecular formula is C11H19N3O3. The molecule has 1 rings (SSSR count). The minimum atomic E-state index is -0.866. The van der Waals surface area contributed by atoms with Crippen LogP contribution in [0.3, 0.4) is 0 Å². The number of aliphatic carboxylic acids is 1. The molecule has 0 saturated heterocycles. The number of carbonyl (C=O) groups is 1. The van der Waals surface area contributed by atoms with E-state index in [0.717, 1.165) is 0 Å². The predicted octanol–water partition coefficient (Wildman–Crippen LogP) is 1.32. The summed E-state index contributed by atoms with van der Waals surface area (Å²) in [6.45, 7) is 8.08. The van der Waals surface area contributed by atoms with Crippen molar-refractivity contribution in [3.8, 4) is 0 Å². The largest absolute Gasteiger partial charge is 0.480 e. The summed E-state index contributed by atoms with van der Waals surface area (Å²) in [5.41, 5.74) is -0.265. The molecule has 0 radical (unpaired) electrons. The molecule has 1 aromatic rings. The third kappa shape index (κ3) is 4.14. The molecule has 0 aliphatic heterocycles. The second kappa shape index (κ2) is 5.27. The van der Waals surface area contributed by atoms with Gasteiger partial charge in [-0.1, -0.05) is 6.92 Å². The number of hydrogen-bond donors (Lipinski definition) is 1. The molecule has 0 aliphatic rings. The molecule has 1 heterocycles. The fourth-order valence-corrected chi connectivity index (χ4v) is 1.35. The van der Waals surface area contributed by atoms with Crippen molar-refractivity contribution in [1.29, 1.82) is 0 Å². The number of carboxylic acids is 1. The second-order valence-electron chi connectivity index (χ2n) is 4.86. The molecule has 0 spiro atoms. The lowest BCUT2D eigenvalue weighted by molar-refractivity contribution is -0.140. The molecule has 96 valence electrons. The van der Waals surface area contributed by atoms with Gasteiger partial charge in [-0.05, 0) is 20.8 Å². The Morgan fingerprint density at radius 1 is 1.35 bits per heavy atom. The van der Waals surface area contributed by atoms with E-state index in [1.807, 2.05) is 27.7 Å². The van der Waals surface area contributed by atoms with Crippen molar-refractivity contribution in [2.24, 2.45) is 0 Å². The molecule has 6 nitrogen and oxygen atoms in total. The van der Waals surface area contributed by atoms with Gasteiger partial charge in [0.15, 0.2) is 0 Å². The van der Waals surface area contributed by atoms with Crippen molar-refractivity contribution in [3.05, 3.63) is 11.8 Å². The Morgan fingerprint density at radius 3 is 2.35 bits per heavy atom. The van der Waals surface area contributed by atoms with Crippen molar-refractivity contribution in [2.75, 3.05) is 6.54 Å². The Kier molecular flexibility index (Phi) is 4.22. The molecule has 0 bridgehead atoms. The highest BCUT2D eigenvalue weighted by Crippen LogP contribution is 2.16. The summed E-state index contributed by atoms with van der Waals surface area (Å²) < 4.78 is 5.38. The van der Waals surface area contributed by atoms with Gasteiger partial charge in [0.1, 0.15) is 0 Å². The van der Waals surface area contributed by atoms with Gasteiger partial charge >= 0.3 is 5.97 Å². The van der Waals surface area contributed by atoms with Crippen LogP contribution in [-0.4, -0.2) is 38.3 Å². The van der Waals surface area contributed by atoms with Crippen LogP contribution in [-0.2, 0) is 17.8 Å². The molecule has 0 fully saturated rings. The molecule has 1 N–H and O–H groups in total. The van der Waals surface area contributed by atoms with Crippen LogP contribution in [0.2, 0.25) is 0 Å². The van der Waals surface area contributed by atoms with Gasteiger partial charge < -0.3 is 9.52 Å². The maximum absolute atomic E-state index is 10.8. The smallest absolute Gasteiger partial charge is 0.317 e. The average Bonchev–Trinajstić information content (AvgIpc) is 2.62. The zero-order valence-electron chi connectivity index (χ0n) is 10.7. The van der Waals surface area contributed by atoms with E-state index in [1.165, 1.54) is 0 Å². The molecule has 0 unspecified atom stereocenters. The Bertz CT molecular complexity index is 382. The first-order chi connectivity index (χ1) is 7.82. The highest BCUT2D eigenvalue weighted by Gasteiger charge is 2.25. The van der Waals surface area contributed by atoms with E-state index >= 15 is 0 Å². The monoisotopic (exact) mass is 241 g/mol. The van der Waals surface area contributed by atoms with Crippen LogP contribution in [0.1, 0.15) is 39.5 Å². The summed E-state index contributed by atoms with van der Waals surface area (Å²) in [6, 6.07) is 0. The molecule has 0 aliphatic carbocycles. The number of carboxylic acid groups (broad SMARTS) is 1. The first-order valence-electron chi connectivity index (χ1n) is 5.61. The van der Waals surface area contributed by atoms with E-state index in [1.54, 1.807) is 4.90 Å². The predicted molar refractivity (Wildman–Crippen MR) is 61.5 cm³/mol. The lowest BCUT2D eigenvalue weighted by atomic mass is 10.1. The van der Waals surface area contributed by atoms with E-state index in [9.17, 15) is 4.79 Å². The molecular weight excluding hydrogens is 222 g/mol. The number of hydrogen-bond acceptors (Lipinski definition) is 5. The van der Waals surface area contributed by atoms with Crippen LogP contribution in [0.15, 0.2) is 4.42 Å². The number of nitrogens with zero attached hydrogens (tertiary/aromatic N) is 3. The van der Waals surface area contributed by atoms with Gasteiger partial charge in [0.25, 0.3) is 0 Å². The molecule has 0 aromatic carbocycles. The number of aromatic nitrogens is 2. The third-order valence-electron chi connectivity index (χ3n) is 2.41. The maximum atomic E-state index is 10.8. The summed E-state index contributed by atoms with van der Waals surface area (Å²) in [5, 5.41) is 16.6. The van der Waals surface area contributed by atoms with Gasteiger partial charge in [0, 0.05) is 12.0 Å². The number of aryl methyl sites for hydroxylation is 1. The first kappa shape index (κ1) is 13.6. The quantitative estimate of drug-likeness (QED) is 0.837. The van der Waals surface area contributed by atoms with Crippen molar-refractivity contribution in [3.63, 3.8) is 0 Å². The standard InChI is InChI=1S/C11H19N3O3/c1-5-8-12-13-9(17-8)6-14(7-10(15)16)11(2,3)4/h5-7H2,1-4H3,(H,15,16). The zero-order chi connectivity index (χ0) is 13.1. The van der Waals surface area contributed by atoms with Crippen LogP contribution in [0.25, 0.3) is 0 Å². The molecule has 0 saturated carbocycles. The van der Waals surface area contributed by atoms with Crippen LogP contribution < -0.4 is 0 Å². The van der Waals surface area contributed by atoms with Crippen molar-refractivity contribution < 1.29 is 14.3 Å². The number of rotatable bonds is 5. The van der Waals surface area contributed by atoms with E-state index < -0.39 is 5.97 Å². The van der Waals surface area contributed by atoms with Crippen LogP contribution in [0.4, 0.5) is 0 Å². The minimum absolute atomic E-state index is 0.0483. The summed E-state index contributed by atoms with van der Waals surface area (Å²) >= 11 is 0.